The van der Waals surface area contributed by atoms with Crippen molar-refractivity contribution >= 4 is 40.9 Å². The lowest BCUT2D eigenvalue weighted by molar-refractivity contribution is 0.128. The van der Waals surface area contributed by atoms with E-state index in [1.807, 2.05) is 17.1 Å². The van der Waals surface area contributed by atoms with Crippen LogP contribution in [0.2, 0.25) is 15.1 Å². The Morgan fingerprint density at radius 1 is 0.935 bits per heavy atom. The van der Waals surface area contributed by atoms with Crippen LogP contribution in [-0.4, -0.2) is 34.2 Å². The van der Waals surface area contributed by atoms with E-state index < -0.39 is 6.09 Å². The molecule has 0 saturated carbocycles. The standard InChI is InChI=1S/C22H19Cl3N4O2/c23-15-6-4-14(5-7-15)20-21(17-9-8-16(24)12-18(17)25)26-13-19(27-20)31-22(30)28-29-10-2-1-3-11-29/h4-9,12-13H,1-3,10-11H2,(H,28,30). The van der Waals surface area contributed by atoms with E-state index in [0.717, 1.165) is 37.9 Å². The second kappa shape index (κ2) is 9.83. The number of amides is 1. The molecule has 1 amide bonds. The van der Waals surface area contributed by atoms with E-state index >= 15 is 0 Å². The van der Waals surface area contributed by atoms with Gasteiger partial charge in [0.15, 0.2) is 0 Å². The molecule has 1 fully saturated rings. The molecule has 2 heterocycles. The maximum absolute atomic E-state index is 12.3. The molecular weight excluding hydrogens is 459 g/mol. The van der Waals surface area contributed by atoms with Crippen molar-refractivity contribution in [3.05, 3.63) is 63.7 Å². The average Bonchev–Trinajstić information content (AvgIpc) is 2.75. The smallest absolute Gasteiger partial charge is 0.389 e. The Hall–Kier alpha value is -2.38. The Labute approximate surface area is 195 Å². The number of piperidine rings is 1. The number of hydrazine groups is 1. The number of aromatic nitrogens is 2. The lowest BCUT2D eigenvalue weighted by Gasteiger charge is -2.26. The van der Waals surface area contributed by atoms with Crippen LogP contribution in [0.15, 0.2) is 48.7 Å². The first-order chi connectivity index (χ1) is 15.0. The van der Waals surface area contributed by atoms with Crippen LogP contribution in [0.1, 0.15) is 19.3 Å². The molecule has 0 aliphatic carbocycles. The Morgan fingerprint density at radius 2 is 1.65 bits per heavy atom. The van der Waals surface area contributed by atoms with E-state index in [-0.39, 0.29) is 5.88 Å². The van der Waals surface area contributed by atoms with E-state index in [9.17, 15) is 4.79 Å². The van der Waals surface area contributed by atoms with Gasteiger partial charge in [0.2, 0.25) is 5.88 Å². The molecule has 1 saturated heterocycles. The number of rotatable bonds is 4. The molecule has 2 aromatic carbocycles. The quantitative estimate of drug-likeness (QED) is 0.480. The second-order valence-corrected chi connectivity index (χ2v) is 8.37. The molecule has 9 heteroatoms. The van der Waals surface area contributed by atoms with Gasteiger partial charge in [-0.1, -0.05) is 53.4 Å². The molecule has 1 aromatic heterocycles. The SMILES string of the molecule is O=C(NN1CCCCC1)Oc1cnc(-c2ccc(Cl)cc2Cl)c(-c2ccc(Cl)cc2)n1. The van der Waals surface area contributed by atoms with Crippen molar-refractivity contribution < 1.29 is 9.53 Å². The number of benzene rings is 2. The summed E-state index contributed by atoms with van der Waals surface area (Å²) in [5.41, 5.74) is 5.20. The summed E-state index contributed by atoms with van der Waals surface area (Å²) in [6.07, 6.45) is 4.04. The van der Waals surface area contributed by atoms with Gasteiger partial charge >= 0.3 is 6.09 Å². The lowest BCUT2D eigenvalue weighted by atomic mass is 10.0. The van der Waals surface area contributed by atoms with Gasteiger partial charge in [-0.05, 0) is 43.2 Å². The van der Waals surface area contributed by atoms with Crippen LogP contribution in [0.4, 0.5) is 4.79 Å². The van der Waals surface area contributed by atoms with Crippen molar-refractivity contribution in [2.75, 3.05) is 13.1 Å². The molecule has 160 valence electrons. The Kier molecular flexibility index (Phi) is 6.92. The van der Waals surface area contributed by atoms with Crippen LogP contribution >= 0.6 is 34.8 Å². The van der Waals surface area contributed by atoms with E-state index in [4.69, 9.17) is 39.5 Å². The highest BCUT2D eigenvalue weighted by atomic mass is 35.5. The number of hydrogen-bond acceptors (Lipinski definition) is 5. The number of carbonyl (C=O) groups excluding carboxylic acids is 1. The predicted molar refractivity (Wildman–Crippen MR) is 123 cm³/mol. The summed E-state index contributed by atoms with van der Waals surface area (Å²) in [5, 5.41) is 3.40. The Morgan fingerprint density at radius 3 is 2.35 bits per heavy atom. The molecule has 0 unspecified atom stereocenters. The van der Waals surface area contributed by atoms with Crippen LogP contribution in [0.5, 0.6) is 5.88 Å². The molecule has 0 radical (unpaired) electrons. The van der Waals surface area contributed by atoms with Gasteiger partial charge in [0.1, 0.15) is 5.69 Å². The summed E-state index contributed by atoms with van der Waals surface area (Å²) >= 11 is 18.5. The fourth-order valence-electron chi connectivity index (χ4n) is 3.36. The number of halogens is 3. The van der Waals surface area contributed by atoms with Gasteiger partial charge in [-0.2, -0.15) is 0 Å². The molecule has 0 atom stereocenters. The first-order valence-corrected chi connectivity index (χ1v) is 10.9. The largest absolute Gasteiger partial charge is 0.428 e. The van der Waals surface area contributed by atoms with Crippen LogP contribution in [-0.2, 0) is 0 Å². The van der Waals surface area contributed by atoms with E-state index in [1.54, 1.807) is 30.3 Å². The minimum absolute atomic E-state index is 0.0771. The van der Waals surface area contributed by atoms with Crippen LogP contribution in [0, 0.1) is 0 Å². The monoisotopic (exact) mass is 476 g/mol. The van der Waals surface area contributed by atoms with Gasteiger partial charge in [-0.25, -0.2) is 19.8 Å². The number of carbonyl (C=O) groups is 1. The van der Waals surface area contributed by atoms with Crippen LogP contribution in [0.3, 0.4) is 0 Å². The number of ether oxygens (including phenoxy) is 1. The first-order valence-electron chi connectivity index (χ1n) is 9.81. The summed E-state index contributed by atoms with van der Waals surface area (Å²) in [6, 6.07) is 12.3. The zero-order valence-corrected chi connectivity index (χ0v) is 18.7. The summed E-state index contributed by atoms with van der Waals surface area (Å²) in [4.78, 5) is 21.4. The number of hydrogen-bond donors (Lipinski definition) is 1. The predicted octanol–water partition coefficient (Wildman–Crippen LogP) is 6.26. The molecule has 1 N–H and O–H groups in total. The van der Waals surface area contributed by atoms with E-state index in [0.29, 0.717) is 32.0 Å². The number of nitrogens with zero attached hydrogens (tertiary/aromatic N) is 3. The molecule has 0 spiro atoms. The molecule has 1 aliphatic rings. The second-order valence-electron chi connectivity index (χ2n) is 7.09. The summed E-state index contributed by atoms with van der Waals surface area (Å²) < 4.78 is 5.40. The molecule has 1 aliphatic heterocycles. The molecule has 0 bridgehead atoms. The van der Waals surface area contributed by atoms with Gasteiger partial charge in [0.05, 0.1) is 16.9 Å². The maximum atomic E-state index is 12.3. The first kappa shape index (κ1) is 21.8. The van der Waals surface area contributed by atoms with Crippen LogP contribution < -0.4 is 10.2 Å². The molecule has 3 aromatic rings. The fourth-order valence-corrected chi connectivity index (χ4v) is 3.99. The minimum atomic E-state index is -0.601. The molecular formula is C22H19Cl3N4O2. The van der Waals surface area contributed by atoms with Crippen LogP contribution in [0.25, 0.3) is 22.5 Å². The van der Waals surface area contributed by atoms with E-state index in [1.165, 1.54) is 6.20 Å². The molecule has 6 nitrogen and oxygen atoms in total. The van der Waals surface area contributed by atoms with Gasteiger partial charge in [-0.15, -0.1) is 0 Å². The third-order valence-corrected chi connectivity index (χ3v) is 5.66. The van der Waals surface area contributed by atoms with Crippen molar-refractivity contribution in [2.45, 2.75) is 19.3 Å². The normalized spacial score (nSPS) is 14.3. The zero-order chi connectivity index (χ0) is 21.8. The number of nitrogens with one attached hydrogen (secondary N) is 1. The van der Waals surface area contributed by atoms with Crippen molar-refractivity contribution in [3.8, 4) is 28.4 Å². The Bertz CT molecular complexity index is 1090. The third kappa shape index (κ3) is 5.46. The fraction of sp³-hybridized carbons (Fsp3) is 0.227. The summed E-state index contributed by atoms with van der Waals surface area (Å²) in [5.74, 6) is 0.0771. The van der Waals surface area contributed by atoms with Gasteiger partial charge < -0.3 is 4.74 Å². The molecule has 4 rings (SSSR count). The van der Waals surface area contributed by atoms with Crippen molar-refractivity contribution in [2.24, 2.45) is 0 Å². The summed E-state index contributed by atoms with van der Waals surface area (Å²) in [7, 11) is 0. The highest BCUT2D eigenvalue weighted by molar-refractivity contribution is 6.36. The average molecular weight is 478 g/mol. The third-order valence-electron chi connectivity index (χ3n) is 4.86. The lowest BCUT2D eigenvalue weighted by Crippen LogP contribution is -2.46. The van der Waals surface area contributed by atoms with Crippen molar-refractivity contribution in [1.82, 2.24) is 20.4 Å². The highest BCUT2D eigenvalue weighted by Gasteiger charge is 2.18. The van der Waals surface area contributed by atoms with Gasteiger partial charge in [0, 0.05) is 34.3 Å². The highest BCUT2D eigenvalue weighted by Crippen LogP contribution is 2.36. The van der Waals surface area contributed by atoms with Gasteiger partial charge in [-0.3, -0.25) is 5.43 Å². The van der Waals surface area contributed by atoms with E-state index in [2.05, 4.69) is 15.4 Å². The summed E-state index contributed by atoms with van der Waals surface area (Å²) in [6.45, 7) is 1.59. The molecule has 31 heavy (non-hydrogen) atoms. The van der Waals surface area contributed by atoms with Crippen molar-refractivity contribution in [3.63, 3.8) is 0 Å². The zero-order valence-electron chi connectivity index (χ0n) is 16.4. The Balaban J connectivity index is 1.66. The minimum Gasteiger partial charge on any atom is -0.389 e. The topological polar surface area (TPSA) is 67.4 Å². The van der Waals surface area contributed by atoms with Crippen molar-refractivity contribution in [1.29, 1.82) is 0 Å². The van der Waals surface area contributed by atoms with Gasteiger partial charge in [0.25, 0.3) is 0 Å². The maximum Gasteiger partial charge on any atom is 0.428 e.